The van der Waals surface area contributed by atoms with Crippen molar-refractivity contribution >= 4 is 12.1 Å². The molecule has 8 heteroatoms. The van der Waals surface area contributed by atoms with Crippen LogP contribution < -0.4 is 0 Å². The van der Waals surface area contributed by atoms with Crippen molar-refractivity contribution in [2.75, 3.05) is 26.7 Å². The van der Waals surface area contributed by atoms with E-state index in [4.69, 9.17) is 4.74 Å². The number of likely N-dealkylation sites (tertiary alicyclic amines) is 1. The van der Waals surface area contributed by atoms with Crippen molar-refractivity contribution in [2.45, 2.75) is 37.8 Å². The fourth-order valence-corrected chi connectivity index (χ4v) is 2.97. The van der Waals surface area contributed by atoms with Gasteiger partial charge in [-0.1, -0.05) is 30.3 Å². The molecule has 26 heavy (non-hydrogen) atoms. The maximum Gasteiger partial charge on any atom is 0.410 e. The number of carbonyl (C=O) groups is 2. The molecule has 2 rings (SSSR count). The minimum Gasteiger partial charge on any atom is -0.480 e. The first-order chi connectivity index (χ1) is 12.3. The summed E-state index contributed by atoms with van der Waals surface area (Å²) >= 11 is 0. The van der Waals surface area contributed by atoms with Gasteiger partial charge in [0.1, 0.15) is 12.6 Å². The number of carboxylic acid groups (broad SMARTS) is 1. The van der Waals surface area contributed by atoms with Crippen molar-refractivity contribution in [3.63, 3.8) is 0 Å². The second-order valence-electron chi connectivity index (χ2n) is 6.53. The van der Waals surface area contributed by atoms with Crippen LogP contribution in [0, 0.1) is 0 Å². The second-order valence-corrected chi connectivity index (χ2v) is 6.53. The van der Waals surface area contributed by atoms with Crippen molar-refractivity contribution in [3.8, 4) is 0 Å². The number of carbonyl (C=O) groups excluding carboxylic acids is 1. The fraction of sp³-hybridized carbons (Fsp3) is 0.556. The fourth-order valence-electron chi connectivity index (χ4n) is 2.97. The summed E-state index contributed by atoms with van der Waals surface area (Å²) in [6, 6.07) is 7.90. The van der Waals surface area contributed by atoms with Gasteiger partial charge in [-0.15, -0.1) is 0 Å². The van der Waals surface area contributed by atoms with Crippen LogP contribution in [0.1, 0.15) is 24.8 Å². The molecule has 0 aromatic heterocycles. The first kappa shape index (κ1) is 20.1. The SMILES string of the molecule is CN(C(=O)OCc1ccccc1)[C@@H](CCN1CCCC(F)(F)C1)C(=O)O. The Morgan fingerprint density at radius 1 is 1.35 bits per heavy atom. The molecule has 0 unspecified atom stereocenters. The summed E-state index contributed by atoms with van der Waals surface area (Å²) in [4.78, 5) is 26.2. The maximum atomic E-state index is 13.4. The van der Waals surface area contributed by atoms with E-state index in [1.807, 2.05) is 6.07 Å². The van der Waals surface area contributed by atoms with Crippen LogP contribution in [0.25, 0.3) is 0 Å². The topological polar surface area (TPSA) is 70.1 Å². The molecule has 1 aliphatic heterocycles. The molecule has 1 fully saturated rings. The molecule has 0 saturated carbocycles. The molecular weight excluding hydrogens is 346 g/mol. The zero-order valence-corrected chi connectivity index (χ0v) is 14.7. The highest BCUT2D eigenvalue weighted by atomic mass is 19.3. The third kappa shape index (κ3) is 5.94. The van der Waals surface area contributed by atoms with Crippen LogP contribution >= 0.6 is 0 Å². The zero-order chi connectivity index (χ0) is 19.2. The van der Waals surface area contributed by atoms with E-state index in [1.54, 1.807) is 29.2 Å². The zero-order valence-electron chi connectivity index (χ0n) is 14.7. The van der Waals surface area contributed by atoms with Gasteiger partial charge in [0.15, 0.2) is 0 Å². The number of amides is 1. The van der Waals surface area contributed by atoms with Crippen LogP contribution in [0.5, 0.6) is 0 Å². The lowest BCUT2D eigenvalue weighted by atomic mass is 10.1. The number of alkyl halides is 2. The van der Waals surface area contributed by atoms with Crippen LogP contribution in [-0.2, 0) is 16.1 Å². The number of carboxylic acids is 1. The highest BCUT2D eigenvalue weighted by molar-refractivity contribution is 5.79. The number of aliphatic carboxylic acids is 1. The molecule has 1 aliphatic rings. The highest BCUT2D eigenvalue weighted by Crippen LogP contribution is 2.26. The second kappa shape index (κ2) is 8.93. The van der Waals surface area contributed by atoms with E-state index in [-0.39, 0.29) is 32.5 Å². The molecule has 1 aromatic rings. The number of nitrogens with zero attached hydrogens (tertiary/aromatic N) is 2. The average molecular weight is 370 g/mol. The van der Waals surface area contributed by atoms with Gasteiger partial charge in [-0.25, -0.2) is 18.4 Å². The number of benzene rings is 1. The standard InChI is InChI=1S/C18H24F2N2O4/c1-21(17(25)26-12-14-6-3-2-4-7-14)15(16(23)24)8-11-22-10-5-9-18(19,20)13-22/h2-4,6-7,15H,5,8-13H2,1H3,(H,23,24)/t15-/m0/s1. The van der Waals surface area contributed by atoms with E-state index in [0.29, 0.717) is 13.0 Å². The van der Waals surface area contributed by atoms with E-state index in [2.05, 4.69) is 0 Å². The monoisotopic (exact) mass is 370 g/mol. The number of hydrogen-bond donors (Lipinski definition) is 1. The Morgan fingerprint density at radius 2 is 2.04 bits per heavy atom. The minimum atomic E-state index is -2.74. The summed E-state index contributed by atoms with van der Waals surface area (Å²) < 4.78 is 32.0. The summed E-state index contributed by atoms with van der Waals surface area (Å²) in [5.74, 6) is -3.93. The third-order valence-electron chi connectivity index (χ3n) is 4.44. The molecule has 0 spiro atoms. The molecule has 1 heterocycles. The Labute approximate surface area is 151 Å². The van der Waals surface area contributed by atoms with Gasteiger partial charge >= 0.3 is 12.1 Å². The van der Waals surface area contributed by atoms with Crippen LogP contribution in [0.3, 0.4) is 0 Å². The van der Waals surface area contributed by atoms with Gasteiger partial charge in [0, 0.05) is 20.0 Å². The number of piperidine rings is 1. The summed E-state index contributed by atoms with van der Waals surface area (Å²) in [6.07, 6.45) is -0.468. The van der Waals surface area contributed by atoms with E-state index in [9.17, 15) is 23.5 Å². The first-order valence-electron chi connectivity index (χ1n) is 8.55. The van der Waals surface area contributed by atoms with Crippen LogP contribution in [0.15, 0.2) is 30.3 Å². The molecule has 1 N–H and O–H groups in total. The van der Waals surface area contributed by atoms with Crippen molar-refractivity contribution in [2.24, 2.45) is 0 Å². The lowest BCUT2D eigenvalue weighted by Crippen LogP contribution is -2.47. The largest absolute Gasteiger partial charge is 0.480 e. The normalized spacial score (nSPS) is 18.1. The molecule has 0 radical (unpaired) electrons. The summed E-state index contributed by atoms with van der Waals surface area (Å²) in [5.41, 5.74) is 0.789. The van der Waals surface area contributed by atoms with E-state index in [0.717, 1.165) is 10.5 Å². The Morgan fingerprint density at radius 3 is 2.65 bits per heavy atom. The Kier molecular flexibility index (Phi) is 6.90. The predicted octanol–water partition coefficient (Wildman–Crippen LogP) is 2.83. The van der Waals surface area contributed by atoms with Crippen LogP contribution in [0.2, 0.25) is 0 Å². The van der Waals surface area contributed by atoms with Crippen molar-refractivity contribution in [3.05, 3.63) is 35.9 Å². The molecule has 1 saturated heterocycles. The first-order valence-corrected chi connectivity index (χ1v) is 8.55. The highest BCUT2D eigenvalue weighted by Gasteiger charge is 2.36. The molecule has 1 atom stereocenters. The average Bonchev–Trinajstić information content (AvgIpc) is 2.59. The summed E-state index contributed by atoms with van der Waals surface area (Å²) in [5, 5.41) is 9.39. The third-order valence-corrected chi connectivity index (χ3v) is 4.44. The van der Waals surface area contributed by atoms with E-state index < -0.39 is 24.0 Å². The number of ether oxygens (including phenoxy) is 1. The van der Waals surface area contributed by atoms with Crippen LogP contribution in [-0.4, -0.2) is 65.6 Å². The van der Waals surface area contributed by atoms with Crippen molar-refractivity contribution in [1.29, 1.82) is 0 Å². The number of likely N-dealkylation sites (N-methyl/N-ethyl adjacent to an activating group) is 1. The molecule has 144 valence electrons. The summed E-state index contributed by atoms with van der Waals surface area (Å²) in [6.45, 7) is 0.350. The lowest BCUT2D eigenvalue weighted by molar-refractivity contribution is -0.142. The smallest absolute Gasteiger partial charge is 0.410 e. The molecule has 0 aliphatic carbocycles. The van der Waals surface area contributed by atoms with Gasteiger partial charge in [-0.05, 0) is 24.9 Å². The van der Waals surface area contributed by atoms with E-state index >= 15 is 0 Å². The van der Waals surface area contributed by atoms with Gasteiger partial charge in [0.25, 0.3) is 5.92 Å². The molecule has 6 nitrogen and oxygen atoms in total. The molecule has 1 amide bonds. The van der Waals surface area contributed by atoms with Crippen molar-refractivity contribution in [1.82, 2.24) is 9.80 Å². The molecule has 0 bridgehead atoms. The Hall–Kier alpha value is -2.22. The molecular formula is C18H24F2N2O4. The Bertz CT molecular complexity index is 612. The van der Waals surface area contributed by atoms with Gasteiger partial charge in [0.2, 0.25) is 0 Å². The van der Waals surface area contributed by atoms with Gasteiger partial charge in [-0.2, -0.15) is 0 Å². The van der Waals surface area contributed by atoms with Gasteiger partial charge < -0.3 is 9.84 Å². The number of hydrogen-bond acceptors (Lipinski definition) is 4. The van der Waals surface area contributed by atoms with Gasteiger partial charge in [0.05, 0.1) is 6.54 Å². The summed E-state index contributed by atoms with van der Waals surface area (Å²) in [7, 11) is 1.34. The number of halogens is 2. The van der Waals surface area contributed by atoms with Crippen LogP contribution in [0.4, 0.5) is 13.6 Å². The quantitative estimate of drug-likeness (QED) is 0.799. The maximum absolute atomic E-state index is 13.4. The van der Waals surface area contributed by atoms with E-state index in [1.165, 1.54) is 7.05 Å². The predicted molar refractivity (Wildman–Crippen MR) is 91.1 cm³/mol. The van der Waals surface area contributed by atoms with Crippen molar-refractivity contribution < 1.29 is 28.2 Å². The number of rotatable bonds is 7. The molecule has 1 aromatic carbocycles. The Balaban J connectivity index is 1.86. The minimum absolute atomic E-state index is 0.0364. The lowest BCUT2D eigenvalue weighted by Gasteiger charge is -2.33. The van der Waals surface area contributed by atoms with Gasteiger partial charge in [-0.3, -0.25) is 9.80 Å².